The third-order valence-corrected chi connectivity index (χ3v) is 6.49. The van der Waals surface area contributed by atoms with Crippen LogP contribution in [0.5, 0.6) is 0 Å². The lowest BCUT2D eigenvalue weighted by atomic mass is 10.2. The number of rotatable bonds is 6. The van der Waals surface area contributed by atoms with Crippen molar-refractivity contribution in [2.24, 2.45) is 0 Å². The lowest BCUT2D eigenvalue weighted by Crippen LogP contribution is -2.26. The maximum absolute atomic E-state index is 13.3. The molecule has 1 aromatic heterocycles. The Hall–Kier alpha value is -2.80. The number of hydrogen-bond donors (Lipinski definition) is 1. The molecule has 1 amide bonds. The number of carbonyl (C=O) groups excluding carboxylic acids is 1. The molecule has 4 aromatic rings. The van der Waals surface area contributed by atoms with E-state index in [1.54, 1.807) is 36.4 Å². The van der Waals surface area contributed by atoms with Crippen LogP contribution in [0.3, 0.4) is 0 Å². The van der Waals surface area contributed by atoms with Crippen LogP contribution in [-0.2, 0) is 11.3 Å². The Kier molecular flexibility index (Phi) is 6.84. The highest BCUT2D eigenvalue weighted by atomic mass is 35.5. The van der Waals surface area contributed by atoms with E-state index in [-0.39, 0.29) is 17.2 Å². The van der Waals surface area contributed by atoms with Gasteiger partial charge in [-0.2, -0.15) is 0 Å². The third-order valence-electron chi connectivity index (χ3n) is 4.89. The molecule has 3 aromatic carbocycles. The van der Waals surface area contributed by atoms with Crippen LogP contribution < -0.4 is 10.9 Å². The molecule has 4 rings (SSSR count). The number of benzene rings is 3. The third kappa shape index (κ3) is 4.99. The van der Waals surface area contributed by atoms with Crippen molar-refractivity contribution >= 4 is 51.8 Å². The van der Waals surface area contributed by atoms with Crippen LogP contribution in [0.2, 0.25) is 10.0 Å². The van der Waals surface area contributed by atoms with E-state index in [1.165, 1.54) is 16.3 Å². The summed E-state index contributed by atoms with van der Waals surface area (Å²) in [7, 11) is 0. The second kappa shape index (κ2) is 9.77. The van der Waals surface area contributed by atoms with Gasteiger partial charge >= 0.3 is 0 Å². The molecule has 0 bridgehead atoms. The highest BCUT2D eigenvalue weighted by Crippen LogP contribution is 2.24. The Morgan fingerprint density at radius 1 is 1.06 bits per heavy atom. The molecule has 0 aliphatic heterocycles. The molecule has 162 valence electrons. The van der Waals surface area contributed by atoms with Crippen LogP contribution in [0.15, 0.2) is 76.7 Å². The van der Waals surface area contributed by atoms with Crippen molar-refractivity contribution in [3.05, 3.63) is 98.3 Å². The molecule has 0 radical (unpaired) electrons. The quantitative estimate of drug-likeness (QED) is 0.294. The zero-order valence-corrected chi connectivity index (χ0v) is 19.5. The van der Waals surface area contributed by atoms with Crippen LogP contribution in [0.25, 0.3) is 16.6 Å². The maximum atomic E-state index is 13.3. The summed E-state index contributed by atoms with van der Waals surface area (Å²) in [5, 5.41) is 5.00. The highest BCUT2D eigenvalue weighted by molar-refractivity contribution is 7.99. The summed E-state index contributed by atoms with van der Waals surface area (Å²) in [6.07, 6.45) is 0. The standard InChI is InChI=1S/C24H19Cl2N3O2S/c1-15-6-11-18(12-20(15)26)29-23(31)19-4-2-3-5-21(19)28-24(29)32-14-22(30)27-13-16-7-9-17(25)10-8-16/h2-12H,13-14H2,1H3,(H,27,30). The molecule has 32 heavy (non-hydrogen) atoms. The number of halogens is 2. The van der Waals surface area contributed by atoms with E-state index in [1.807, 2.05) is 37.3 Å². The molecule has 0 spiro atoms. The molecule has 1 N–H and O–H groups in total. The van der Waals surface area contributed by atoms with Gasteiger partial charge in [0.2, 0.25) is 5.91 Å². The summed E-state index contributed by atoms with van der Waals surface area (Å²) in [6.45, 7) is 2.29. The van der Waals surface area contributed by atoms with Gasteiger partial charge in [-0.3, -0.25) is 14.2 Å². The number of nitrogens with one attached hydrogen (secondary N) is 1. The molecule has 0 aliphatic rings. The second-order valence-electron chi connectivity index (χ2n) is 7.18. The predicted molar refractivity (Wildman–Crippen MR) is 131 cm³/mol. The fourth-order valence-corrected chi connectivity index (χ4v) is 4.29. The van der Waals surface area contributed by atoms with Crippen molar-refractivity contribution in [3.8, 4) is 5.69 Å². The van der Waals surface area contributed by atoms with Gasteiger partial charge in [0.25, 0.3) is 5.56 Å². The first-order chi connectivity index (χ1) is 15.4. The minimum atomic E-state index is -0.209. The van der Waals surface area contributed by atoms with Crippen molar-refractivity contribution in [2.45, 2.75) is 18.6 Å². The van der Waals surface area contributed by atoms with Crippen LogP contribution in [0, 0.1) is 6.92 Å². The monoisotopic (exact) mass is 483 g/mol. The SMILES string of the molecule is Cc1ccc(-n2c(SCC(=O)NCc3ccc(Cl)cc3)nc3ccccc3c2=O)cc1Cl. The normalized spacial score (nSPS) is 11.0. The fourth-order valence-electron chi connectivity index (χ4n) is 3.14. The van der Waals surface area contributed by atoms with Crippen LogP contribution in [0.1, 0.15) is 11.1 Å². The topological polar surface area (TPSA) is 64.0 Å². The molecule has 0 unspecified atom stereocenters. The maximum Gasteiger partial charge on any atom is 0.266 e. The van der Waals surface area contributed by atoms with Crippen molar-refractivity contribution in [2.75, 3.05) is 5.75 Å². The molecule has 0 aliphatic carbocycles. The van der Waals surface area contributed by atoms with E-state index in [9.17, 15) is 9.59 Å². The second-order valence-corrected chi connectivity index (χ2v) is 8.96. The van der Waals surface area contributed by atoms with Crippen molar-refractivity contribution < 1.29 is 4.79 Å². The van der Waals surface area contributed by atoms with Crippen molar-refractivity contribution in [1.82, 2.24) is 14.9 Å². The van der Waals surface area contributed by atoms with Gasteiger partial charge in [0.15, 0.2) is 5.16 Å². The summed E-state index contributed by atoms with van der Waals surface area (Å²) in [5.41, 5.74) is 2.83. The van der Waals surface area contributed by atoms with Gasteiger partial charge in [-0.25, -0.2) is 4.98 Å². The summed E-state index contributed by atoms with van der Waals surface area (Å²) in [6, 6.07) is 19.8. The summed E-state index contributed by atoms with van der Waals surface area (Å²) >= 11 is 13.4. The number of aromatic nitrogens is 2. The van der Waals surface area contributed by atoms with Crippen LogP contribution in [-0.4, -0.2) is 21.2 Å². The van der Waals surface area contributed by atoms with Gasteiger partial charge in [-0.15, -0.1) is 0 Å². The van der Waals surface area contributed by atoms with Gasteiger partial charge in [-0.05, 0) is 54.4 Å². The lowest BCUT2D eigenvalue weighted by Gasteiger charge is -2.14. The number of hydrogen-bond acceptors (Lipinski definition) is 4. The first-order valence-corrected chi connectivity index (χ1v) is 11.6. The minimum Gasteiger partial charge on any atom is -0.351 e. The lowest BCUT2D eigenvalue weighted by molar-refractivity contribution is -0.118. The summed E-state index contributed by atoms with van der Waals surface area (Å²) in [5.74, 6) is -0.0568. The number of amides is 1. The van der Waals surface area contributed by atoms with E-state index >= 15 is 0 Å². The Morgan fingerprint density at radius 3 is 2.56 bits per heavy atom. The Morgan fingerprint density at radius 2 is 1.81 bits per heavy atom. The summed E-state index contributed by atoms with van der Waals surface area (Å²) < 4.78 is 1.50. The average Bonchev–Trinajstić information content (AvgIpc) is 2.79. The van der Waals surface area contributed by atoms with E-state index < -0.39 is 0 Å². The smallest absolute Gasteiger partial charge is 0.266 e. The molecule has 1 heterocycles. The van der Waals surface area contributed by atoms with Gasteiger partial charge in [0.05, 0.1) is 22.3 Å². The van der Waals surface area contributed by atoms with Gasteiger partial charge < -0.3 is 5.32 Å². The number of nitrogens with zero attached hydrogens (tertiary/aromatic N) is 2. The zero-order chi connectivity index (χ0) is 22.7. The Bertz CT molecular complexity index is 1350. The average molecular weight is 484 g/mol. The molecule has 0 atom stereocenters. The molecule has 5 nitrogen and oxygen atoms in total. The van der Waals surface area contributed by atoms with Crippen molar-refractivity contribution in [1.29, 1.82) is 0 Å². The molecular formula is C24H19Cl2N3O2S. The van der Waals surface area contributed by atoms with E-state index in [0.717, 1.165) is 11.1 Å². The molecular weight excluding hydrogens is 465 g/mol. The van der Waals surface area contributed by atoms with Gasteiger partial charge in [-0.1, -0.05) is 65.3 Å². The fraction of sp³-hybridized carbons (Fsp3) is 0.125. The molecule has 0 saturated heterocycles. The molecule has 8 heteroatoms. The van der Waals surface area contributed by atoms with E-state index in [4.69, 9.17) is 23.2 Å². The van der Waals surface area contributed by atoms with Gasteiger partial charge in [0.1, 0.15) is 0 Å². The predicted octanol–water partition coefficient (Wildman–Crippen LogP) is 5.41. The Labute approximate surface area is 199 Å². The molecule has 0 saturated carbocycles. The zero-order valence-electron chi connectivity index (χ0n) is 17.1. The molecule has 0 fully saturated rings. The minimum absolute atomic E-state index is 0.109. The van der Waals surface area contributed by atoms with Crippen LogP contribution >= 0.6 is 35.0 Å². The largest absolute Gasteiger partial charge is 0.351 e. The number of thioether (sulfide) groups is 1. The van der Waals surface area contributed by atoms with Crippen LogP contribution in [0.4, 0.5) is 0 Å². The Balaban J connectivity index is 1.60. The van der Waals surface area contributed by atoms with Crippen molar-refractivity contribution in [3.63, 3.8) is 0 Å². The van der Waals surface area contributed by atoms with E-state index in [0.29, 0.717) is 38.3 Å². The van der Waals surface area contributed by atoms with E-state index in [2.05, 4.69) is 10.3 Å². The van der Waals surface area contributed by atoms with Gasteiger partial charge in [0, 0.05) is 16.6 Å². The highest BCUT2D eigenvalue weighted by Gasteiger charge is 2.15. The first-order valence-electron chi connectivity index (χ1n) is 9.84. The first kappa shape index (κ1) is 22.4. The number of fused-ring (bicyclic) bond motifs is 1. The number of carbonyl (C=O) groups is 1. The number of aryl methyl sites for hydroxylation is 1. The number of para-hydroxylation sites is 1. The summed E-state index contributed by atoms with van der Waals surface area (Å²) in [4.78, 5) is 30.4.